The smallest absolute Gasteiger partial charge is 0.267 e. The Labute approximate surface area is 175 Å². The number of rotatable bonds is 5. The van der Waals surface area contributed by atoms with E-state index in [0.717, 1.165) is 10.9 Å². The SMILES string of the molecule is CCc1ccc2cnn(C)c2c1S(=O)(=O)Nc1ccc(-n2cc(C(F)(F)F)cn2)cn1. The first-order valence-electron chi connectivity index (χ1n) is 9.15. The number of alkyl halides is 3. The van der Waals surface area contributed by atoms with Crippen molar-refractivity contribution in [1.29, 1.82) is 0 Å². The summed E-state index contributed by atoms with van der Waals surface area (Å²) in [7, 11) is -2.35. The van der Waals surface area contributed by atoms with Crippen LogP contribution in [-0.2, 0) is 29.7 Å². The highest BCUT2D eigenvalue weighted by Crippen LogP contribution is 2.30. The van der Waals surface area contributed by atoms with Crippen LogP contribution in [-0.4, -0.2) is 33.0 Å². The van der Waals surface area contributed by atoms with Crippen LogP contribution in [0.4, 0.5) is 19.0 Å². The molecule has 162 valence electrons. The molecule has 0 amide bonds. The van der Waals surface area contributed by atoms with Crippen molar-refractivity contribution in [1.82, 2.24) is 24.5 Å². The fraction of sp³-hybridized carbons (Fsp3) is 0.211. The molecule has 0 unspecified atom stereocenters. The van der Waals surface area contributed by atoms with E-state index >= 15 is 0 Å². The average molecular weight is 450 g/mol. The Morgan fingerprint density at radius 3 is 2.45 bits per heavy atom. The van der Waals surface area contributed by atoms with Gasteiger partial charge >= 0.3 is 6.18 Å². The number of benzene rings is 1. The van der Waals surface area contributed by atoms with Gasteiger partial charge in [-0.3, -0.25) is 9.40 Å². The molecule has 3 aromatic heterocycles. The van der Waals surface area contributed by atoms with Crippen LogP contribution in [0, 0.1) is 0 Å². The number of hydrogen-bond acceptors (Lipinski definition) is 5. The Bertz CT molecular complexity index is 1360. The van der Waals surface area contributed by atoms with Crippen molar-refractivity contribution < 1.29 is 21.6 Å². The summed E-state index contributed by atoms with van der Waals surface area (Å²) < 4.78 is 69.6. The quantitative estimate of drug-likeness (QED) is 0.502. The van der Waals surface area contributed by atoms with Crippen LogP contribution in [0.2, 0.25) is 0 Å². The van der Waals surface area contributed by atoms with E-state index in [-0.39, 0.29) is 16.4 Å². The number of hydrogen-bond donors (Lipinski definition) is 1. The van der Waals surface area contributed by atoms with E-state index in [1.54, 1.807) is 19.3 Å². The Balaban J connectivity index is 1.66. The summed E-state index contributed by atoms with van der Waals surface area (Å²) in [6, 6.07) is 6.33. The second kappa shape index (κ2) is 7.38. The Kier molecular flexibility index (Phi) is 4.96. The van der Waals surface area contributed by atoms with E-state index in [2.05, 4.69) is 19.9 Å². The van der Waals surface area contributed by atoms with E-state index in [1.807, 2.05) is 13.0 Å². The van der Waals surface area contributed by atoms with Gasteiger partial charge in [0.05, 0.1) is 35.4 Å². The van der Waals surface area contributed by atoms with Gasteiger partial charge in [0.2, 0.25) is 0 Å². The first-order chi connectivity index (χ1) is 14.6. The maximum Gasteiger partial charge on any atom is 0.419 e. The topological polar surface area (TPSA) is 94.7 Å². The van der Waals surface area contributed by atoms with E-state index in [9.17, 15) is 21.6 Å². The molecule has 0 spiro atoms. The minimum absolute atomic E-state index is 0.0215. The van der Waals surface area contributed by atoms with Gasteiger partial charge in [0.15, 0.2) is 0 Å². The van der Waals surface area contributed by atoms with Crippen molar-refractivity contribution in [2.24, 2.45) is 7.05 Å². The molecule has 0 atom stereocenters. The summed E-state index contributed by atoms with van der Waals surface area (Å²) in [5.41, 5.74) is 0.450. The normalized spacial score (nSPS) is 12.4. The molecule has 1 N–H and O–H groups in total. The first-order valence-corrected chi connectivity index (χ1v) is 10.6. The molecular weight excluding hydrogens is 433 g/mol. The fourth-order valence-corrected chi connectivity index (χ4v) is 4.79. The Morgan fingerprint density at radius 1 is 1.06 bits per heavy atom. The van der Waals surface area contributed by atoms with Crippen LogP contribution in [0.25, 0.3) is 16.6 Å². The maximum absolute atomic E-state index is 13.2. The highest BCUT2D eigenvalue weighted by molar-refractivity contribution is 7.93. The predicted molar refractivity (Wildman–Crippen MR) is 107 cm³/mol. The molecule has 0 aliphatic heterocycles. The van der Waals surface area contributed by atoms with Crippen molar-refractivity contribution >= 4 is 26.7 Å². The number of nitrogens with zero attached hydrogens (tertiary/aromatic N) is 5. The van der Waals surface area contributed by atoms with E-state index in [0.29, 0.717) is 29.1 Å². The summed E-state index contributed by atoms with van der Waals surface area (Å²) in [6.07, 6.45) is 0.334. The highest BCUT2D eigenvalue weighted by atomic mass is 32.2. The van der Waals surface area contributed by atoms with Crippen LogP contribution in [0.5, 0.6) is 0 Å². The lowest BCUT2D eigenvalue weighted by atomic mass is 10.1. The van der Waals surface area contributed by atoms with Crippen molar-refractivity contribution in [2.45, 2.75) is 24.4 Å². The lowest BCUT2D eigenvalue weighted by Crippen LogP contribution is -2.17. The number of aromatic nitrogens is 5. The lowest BCUT2D eigenvalue weighted by molar-refractivity contribution is -0.137. The third-order valence-electron chi connectivity index (χ3n) is 4.75. The third-order valence-corrected chi connectivity index (χ3v) is 6.22. The van der Waals surface area contributed by atoms with Crippen molar-refractivity contribution in [3.8, 4) is 5.69 Å². The van der Waals surface area contributed by atoms with Gasteiger partial charge in [0, 0.05) is 18.6 Å². The van der Waals surface area contributed by atoms with Gasteiger partial charge < -0.3 is 0 Å². The van der Waals surface area contributed by atoms with Gasteiger partial charge in [-0.25, -0.2) is 18.1 Å². The molecule has 31 heavy (non-hydrogen) atoms. The number of anilines is 1. The maximum atomic E-state index is 13.2. The molecular formula is C19H17F3N6O2S. The number of halogens is 3. The molecule has 1 aromatic carbocycles. The van der Waals surface area contributed by atoms with Gasteiger partial charge in [0.25, 0.3) is 10.0 Å². The summed E-state index contributed by atoms with van der Waals surface area (Å²) in [5.74, 6) is 0.0215. The summed E-state index contributed by atoms with van der Waals surface area (Å²) in [6.45, 7) is 1.85. The van der Waals surface area contributed by atoms with Gasteiger partial charge in [-0.2, -0.15) is 23.4 Å². The number of sulfonamides is 1. The molecule has 8 nitrogen and oxygen atoms in total. The van der Waals surface area contributed by atoms with Crippen LogP contribution < -0.4 is 4.72 Å². The molecule has 0 aliphatic carbocycles. The van der Waals surface area contributed by atoms with Crippen molar-refractivity contribution in [3.05, 3.63) is 60.2 Å². The average Bonchev–Trinajstić information content (AvgIpc) is 3.35. The predicted octanol–water partition coefficient (Wildman–Crippen LogP) is 3.54. The van der Waals surface area contributed by atoms with Crippen LogP contribution in [0.15, 0.2) is 53.9 Å². The second-order valence-corrected chi connectivity index (χ2v) is 8.41. The molecule has 0 saturated heterocycles. The molecule has 0 aliphatic rings. The number of pyridine rings is 1. The fourth-order valence-electron chi connectivity index (χ4n) is 3.23. The molecule has 12 heteroatoms. The molecule has 0 bridgehead atoms. The van der Waals surface area contributed by atoms with E-state index in [4.69, 9.17) is 0 Å². The molecule has 0 saturated carbocycles. The number of fused-ring (bicyclic) bond motifs is 1. The number of nitrogens with one attached hydrogen (secondary N) is 1. The lowest BCUT2D eigenvalue weighted by Gasteiger charge is -2.13. The zero-order chi connectivity index (χ0) is 22.4. The first kappa shape index (κ1) is 20.8. The number of aryl methyl sites for hydroxylation is 2. The monoisotopic (exact) mass is 450 g/mol. The third kappa shape index (κ3) is 3.85. The Hall–Kier alpha value is -3.41. The zero-order valence-corrected chi connectivity index (χ0v) is 17.2. The van der Waals surface area contributed by atoms with E-state index < -0.39 is 21.8 Å². The van der Waals surface area contributed by atoms with E-state index in [1.165, 1.54) is 23.0 Å². The Morgan fingerprint density at radius 2 is 1.84 bits per heavy atom. The van der Waals surface area contributed by atoms with Gasteiger partial charge in [-0.15, -0.1) is 0 Å². The van der Waals surface area contributed by atoms with Gasteiger partial charge in [0.1, 0.15) is 10.7 Å². The second-order valence-electron chi connectivity index (χ2n) is 6.79. The summed E-state index contributed by atoms with van der Waals surface area (Å²) in [5, 5.41) is 8.49. The standard InChI is InChI=1S/C19H17F3N6O2S/c1-3-12-4-5-13-8-24-27(2)17(13)18(12)31(29,30)26-16-7-6-15(10-23-16)28-11-14(9-25-28)19(20,21)22/h4-11H,3H2,1-2H3,(H,23,26). The van der Waals surface area contributed by atoms with Crippen LogP contribution in [0.3, 0.4) is 0 Å². The minimum Gasteiger partial charge on any atom is -0.267 e. The minimum atomic E-state index is -4.51. The van der Waals surface area contributed by atoms with Gasteiger partial charge in [-0.1, -0.05) is 19.1 Å². The zero-order valence-electron chi connectivity index (χ0n) is 16.4. The molecule has 0 fully saturated rings. The summed E-state index contributed by atoms with van der Waals surface area (Å²) in [4.78, 5) is 4.14. The largest absolute Gasteiger partial charge is 0.419 e. The summed E-state index contributed by atoms with van der Waals surface area (Å²) >= 11 is 0. The molecule has 0 radical (unpaired) electrons. The van der Waals surface area contributed by atoms with Crippen molar-refractivity contribution in [3.63, 3.8) is 0 Å². The van der Waals surface area contributed by atoms with Crippen molar-refractivity contribution in [2.75, 3.05) is 4.72 Å². The molecule has 3 heterocycles. The highest BCUT2D eigenvalue weighted by Gasteiger charge is 2.32. The van der Waals surface area contributed by atoms with Crippen LogP contribution >= 0.6 is 0 Å². The molecule has 4 rings (SSSR count). The van der Waals surface area contributed by atoms with Gasteiger partial charge in [-0.05, 0) is 24.1 Å². The van der Waals surface area contributed by atoms with Crippen LogP contribution in [0.1, 0.15) is 18.1 Å². The molecule has 4 aromatic rings.